The largest absolute Gasteiger partial charge is 0.255 e. The molecule has 0 amide bonds. The van der Waals surface area contributed by atoms with Gasteiger partial charge in [-0.2, -0.15) is 0 Å². The van der Waals surface area contributed by atoms with Crippen LogP contribution in [0.1, 0.15) is 5.69 Å². The Morgan fingerprint density at radius 1 is 1.06 bits per heavy atom. The molecule has 0 bridgehead atoms. The molecule has 0 aliphatic heterocycles. The summed E-state index contributed by atoms with van der Waals surface area (Å²) in [7, 11) is -2.96. The van der Waals surface area contributed by atoms with E-state index in [1.54, 1.807) is 6.20 Å². The Balaban J connectivity index is 2.21. The third-order valence-electron chi connectivity index (χ3n) is 2.46. The van der Waals surface area contributed by atoms with E-state index in [9.17, 15) is 8.42 Å². The zero-order valence-corrected chi connectivity index (χ0v) is 10.9. The van der Waals surface area contributed by atoms with Crippen LogP contribution < -0.4 is 0 Å². The van der Waals surface area contributed by atoms with Crippen LogP contribution in [-0.2, 0) is 16.3 Å². The molecule has 2 aromatic rings. The second kappa shape index (κ2) is 5.27. The second-order valence-corrected chi connectivity index (χ2v) is 6.37. The van der Waals surface area contributed by atoms with Crippen LogP contribution in [0.2, 0.25) is 0 Å². The van der Waals surface area contributed by atoms with Crippen molar-refractivity contribution in [2.24, 2.45) is 0 Å². The Kier molecular flexibility index (Phi) is 3.72. The van der Waals surface area contributed by atoms with Crippen molar-refractivity contribution in [3.63, 3.8) is 0 Å². The van der Waals surface area contributed by atoms with Gasteiger partial charge in [0.05, 0.1) is 17.1 Å². The van der Waals surface area contributed by atoms with Gasteiger partial charge in [0.15, 0.2) is 0 Å². The Morgan fingerprint density at radius 3 is 2.50 bits per heavy atom. The van der Waals surface area contributed by atoms with E-state index in [0.29, 0.717) is 6.42 Å². The van der Waals surface area contributed by atoms with Crippen molar-refractivity contribution < 1.29 is 8.42 Å². The summed E-state index contributed by atoms with van der Waals surface area (Å²) in [5.41, 5.74) is 2.32. The molecule has 5 heteroatoms. The fourth-order valence-electron chi connectivity index (χ4n) is 1.57. The topological polar surface area (TPSA) is 59.9 Å². The SMILES string of the molecule is CS(=O)(=O)CCc1cccc(-c2ccccn2)n1. The third-order valence-corrected chi connectivity index (χ3v) is 3.41. The molecule has 94 valence electrons. The average Bonchev–Trinajstić information content (AvgIpc) is 2.37. The second-order valence-electron chi connectivity index (χ2n) is 4.11. The van der Waals surface area contributed by atoms with Gasteiger partial charge in [0, 0.05) is 24.6 Å². The molecule has 0 aliphatic carbocycles. The fraction of sp³-hybridized carbons (Fsp3) is 0.231. The van der Waals surface area contributed by atoms with Gasteiger partial charge in [0.2, 0.25) is 0 Å². The Labute approximate surface area is 107 Å². The summed E-state index contributed by atoms with van der Waals surface area (Å²) >= 11 is 0. The van der Waals surface area contributed by atoms with Crippen LogP contribution in [0.25, 0.3) is 11.4 Å². The highest BCUT2D eigenvalue weighted by atomic mass is 32.2. The fourth-order valence-corrected chi connectivity index (χ4v) is 2.15. The predicted molar refractivity (Wildman–Crippen MR) is 70.9 cm³/mol. The molecule has 0 aliphatic rings. The Morgan fingerprint density at radius 2 is 1.83 bits per heavy atom. The van der Waals surface area contributed by atoms with E-state index in [-0.39, 0.29) is 5.75 Å². The molecule has 18 heavy (non-hydrogen) atoms. The molecule has 4 nitrogen and oxygen atoms in total. The molecule has 2 rings (SSSR count). The summed E-state index contributed by atoms with van der Waals surface area (Å²) < 4.78 is 22.2. The van der Waals surface area contributed by atoms with E-state index in [2.05, 4.69) is 9.97 Å². The van der Waals surface area contributed by atoms with Gasteiger partial charge in [-0.15, -0.1) is 0 Å². The van der Waals surface area contributed by atoms with Crippen molar-refractivity contribution in [2.45, 2.75) is 6.42 Å². The van der Waals surface area contributed by atoms with Crippen LogP contribution in [-0.4, -0.2) is 30.4 Å². The maximum atomic E-state index is 11.1. The van der Waals surface area contributed by atoms with Crippen molar-refractivity contribution in [1.29, 1.82) is 0 Å². The van der Waals surface area contributed by atoms with Crippen molar-refractivity contribution in [3.8, 4) is 11.4 Å². The lowest BCUT2D eigenvalue weighted by Crippen LogP contribution is -2.07. The van der Waals surface area contributed by atoms with Gasteiger partial charge in [-0.1, -0.05) is 12.1 Å². The molecule has 0 saturated heterocycles. The van der Waals surface area contributed by atoms with Crippen molar-refractivity contribution in [3.05, 3.63) is 48.3 Å². The summed E-state index contributed by atoms with van der Waals surface area (Å²) in [4.78, 5) is 8.64. The molecular weight excluding hydrogens is 248 g/mol. The van der Waals surface area contributed by atoms with Gasteiger partial charge in [0.1, 0.15) is 9.84 Å². The van der Waals surface area contributed by atoms with Gasteiger partial charge in [-0.3, -0.25) is 9.97 Å². The third kappa shape index (κ3) is 3.63. The lowest BCUT2D eigenvalue weighted by Gasteiger charge is -2.03. The molecular formula is C13H14N2O2S. The minimum absolute atomic E-state index is 0.117. The van der Waals surface area contributed by atoms with Crippen molar-refractivity contribution >= 4 is 9.84 Å². The monoisotopic (exact) mass is 262 g/mol. The molecule has 2 heterocycles. The highest BCUT2D eigenvalue weighted by molar-refractivity contribution is 7.90. The minimum Gasteiger partial charge on any atom is -0.255 e. The maximum absolute atomic E-state index is 11.1. The normalized spacial score (nSPS) is 11.4. The lowest BCUT2D eigenvalue weighted by molar-refractivity contribution is 0.601. The van der Waals surface area contributed by atoms with Crippen LogP contribution in [0, 0.1) is 0 Å². The number of hydrogen-bond acceptors (Lipinski definition) is 4. The van der Waals surface area contributed by atoms with Crippen LogP contribution >= 0.6 is 0 Å². The van der Waals surface area contributed by atoms with E-state index in [1.165, 1.54) is 6.26 Å². The van der Waals surface area contributed by atoms with Crippen LogP contribution in [0.3, 0.4) is 0 Å². The molecule has 0 atom stereocenters. The van der Waals surface area contributed by atoms with Crippen LogP contribution in [0.5, 0.6) is 0 Å². The number of aryl methyl sites for hydroxylation is 1. The van der Waals surface area contributed by atoms with E-state index >= 15 is 0 Å². The molecule has 0 fully saturated rings. The molecule has 0 radical (unpaired) electrons. The van der Waals surface area contributed by atoms with Gasteiger partial charge >= 0.3 is 0 Å². The maximum Gasteiger partial charge on any atom is 0.147 e. The number of hydrogen-bond donors (Lipinski definition) is 0. The van der Waals surface area contributed by atoms with Gasteiger partial charge < -0.3 is 0 Å². The zero-order valence-electron chi connectivity index (χ0n) is 10.1. The minimum atomic E-state index is -2.96. The van der Waals surface area contributed by atoms with Gasteiger partial charge in [-0.05, 0) is 24.3 Å². The lowest BCUT2D eigenvalue weighted by atomic mass is 10.2. The first-order valence-electron chi connectivity index (χ1n) is 5.60. The average molecular weight is 262 g/mol. The predicted octanol–water partition coefficient (Wildman–Crippen LogP) is 1.73. The first-order chi connectivity index (χ1) is 8.54. The summed E-state index contributed by atoms with van der Waals surface area (Å²) in [6.45, 7) is 0. The van der Waals surface area contributed by atoms with E-state index < -0.39 is 9.84 Å². The number of aromatic nitrogens is 2. The van der Waals surface area contributed by atoms with Crippen LogP contribution in [0.15, 0.2) is 42.6 Å². The standard InChI is InChI=1S/C13H14N2O2S/c1-18(16,17)10-8-11-5-4-7-13(15-11)12-6-2-3-9-14-12/h2-7,9H,8,10H2,1H3. The molecule has 0 saturated carbocycles. The highest BCUT2D eigenvalue weighted by Gasteiger charge is 2.06. The summed E-state index contributed by atoms with van der Waals surface area (Å²) in [5, 5.41) is 0. The molecule has 0 aromatic carbocycles. The van der Waals surface area contributed by atoms with Gasteiger partial charge in [-0.25, -0.2) is 8.42 Å². The Bertz CT molecular complexity index is 624. The quantitative estimate of drug-likeness (QED) is 0.842. The number of sulfone groups is 1. The highest BCUT2D eigenvalue weighted by Crippen LogP contribution is 2.14. The van der Waals surface area contributed by atoms with E-state index in [0.717, 1.165) is 17.1 Å². The summed E-state index contributed by atoms with van der Waals surface area (Å²) in [5.74, 6) is 0.117. The molecule has 0 unspecified atom stereocenters. The van der Waals surface area contributed by atoms with E-state index in [1.807, 2.05) is 36.4 Å². The summed E-state index contributed by atoms with van der Waals surface area (Å²) in [6.07, 6.45) is 3.37. The van der Waals surface area contributed by atoms with E-state index in [4.69, 9.17) is 0 Å². The molecule has 2 aromatic heterocycles. The first-order valence-corrected chi connectivity index (χ1v) is 7.66. The zero-order chi connectivity index (χ0) is 13.0. The number of rotatable bonds is 4. The van der Waals surface area contributed by atoms with Gasteiger partial charge in [0.25, 0.3) is 0 Å². The Hall–Kier alpha value is -1.75. The molecule has 0 N–H and O–H groups in total. The number of pyridine rings is 2. The van der Waals surface area contributed by atoms with Crippen LogP contribution in [0.4, 0.5) is 0 Å². The summed E-state index contributed by atoms with van der Waals surface area (Å²) in [6, 6.07) is 11.2. The first kappa shape index (κ1) is 12.7. The molecule has 0 spiro atoms. The van der Waals surface area contributed by atoms with Crippen molar-refractivity contribution in [1.82, 2.24) is 9.97 Å². The number of nitrogens with zero attached hydrogens (tertiary/aromatic N) is 2. The van der Waals surface area contributed by atoms with Crippen molar-refractivity contribution in [2.75, 3.05) is 12.0 Å². The smallest absolute Gasteiger partial charge is 0.147 e.